The van der Waals surface area contributed by atoms with Gasteiger partial charge in [-0.15, -0.1) is 0 Å². The van der Waals surface area contributed by atoms with Gasteiger partial charge < -0.3 is 23.5 Å². The summed E-state index contributed by atoms with van der Waals surface area (Å²) in [4.78, 5) is 5.10. The van der Waals surface area contributed by atoms with Gasteiger partial charge in [0.25, 0.3) is 6.71 Å². The lowest BCUT2D eigenvalue weighted by Gasteiger charge is -2.44. The number of aromatic nitrogens is 3. The minimum Gasteiger partial charge on any atom is -0.311 e. The number of hydrogen-bond donors (Lipinski definition) is 0. The largest absolute Gasteiger partial charge is 0.311 e. The normalized spacial score (nSPS) is 13.5. The first-order valence-electron chi connectivity index (χ1n) is 29.9. The summed E-state index contributed by atoms with van der Waals surface area (Å²) in [7, 11) is 0. The zero-order valence-electron chi connectivity index (χ0n) is 49.3. The van der Waals surface area contributed by atoms with E-state index in [9.17, 15) is 0 Å². The minimum atomic E-state index is -0.0981. The number of rotatable bonds is 5. The Balaban J connectivity index is 1.06. The minimum absolute atomic E-state index is 0.00389. The van der Waals surface area contributed by atoms with Gasteiger partial charge in [-0.05, 0) is 152 Å². The average Bonchev–Trinajstić information content (AvgIpc) is 1.85. The van der Waals surface area contributed by atoms with Crippen LogP contribution in [-0.4, -0.2) is 20.4 Å². The van der Waals surface area contributed by atoms with Crippen LogP contribution in [0.3, 0.4) is 0 Å². The Hall–Kier alpha value is -9.52. The smallest absolute Gasteiger partial charge is 0.252 e. The second-order valence-electron chi connectivity index (χ2n) is 26.6. The summed E-state index contributed by atoms with van der Waals surface area (Å²) in [5.41, 5.74) is 25.4. The van der Waals surface area contributed by atoms with Gasteiger partial charge in [-0.3, -0.25) is 0 Å². The lowest BCUT2D eigenvalue weighted by molar-refractivity contribution is 0.590. The van der Waals surface area contributed by atoms with E-state index >= 15 is 0 Å². The van der Waals surface area contributed by atoms with Gasteiger partial charge in [0.05, 0.1) is 33.1 Å². The second-order valence-corrected chi connectivity index (χ2v) is 26.6. The Labute approximate surface area is 492 Å². The molecular formula is C78H66BN5. The SMILES string of the molecule is CC(C)(C)c1ccc(N2c3ccc(-n4c5ccccc5c5c6c(c7ccccc7n6-c6ccccc6)c6c(c7ccccc7n6-c6ccccc6)c54)cc3B3c4cc(C(C)(C)C)ccc4N(c4ccc(C(C)(C)C)cc4)c4cccc2c43)cc1. The van der Waals surface area contributed by atoms with Gasteiger partial charge in [0, 0.05) is 83.5 Å². The number of benzene rings is 11. The summed E-state index contributed by atoms with van der Waals surface area (Å²) in [5.74, 6) is 0. The highest BCUT2D eigenvalue weighted by Crippen LogP contribution is 2.52. The molecule has 406 valence electrons. The molecule has 2 aliphatic rings. The summed E-state index contributed by atoms with van der Waals surface area (Å²) in [6.45, 7) is 20.8. The molecule has 0 unspecified atom stereocenters. The second kappa shape index (κ2) is 18.0. The maximum Gasteiger partial charge on any atom is 0.252 e. The van der Waals surface area contributed by atoms with E-state index in [1.54, 1.807) is 0 Å². The fourth-order valence-electron chi connectivity index (χ4n) is 14.4. The lowest BCUT2D eigenvalue weighted by Crippen LogP contribution is -2.61. The van der Waals surface area contributed by atoms with Crippen molar-refractivity contribution in [2.24, 2.45) is 0 Å². The maximum atomic E-state index is 2.63. The molecular weight excluding hydrogens is 1020 g/mol. The van der Waals surface area contributed by atoms with Crippen LogP contribution in [0.15, 0.2) is 237 Å². The Bertz CT molecular complexity index is 4920. The summed E-state index contributed by atoms with van der Waals surface area (Å²) < 4.78 is 7.71. The van der Waals surface area contributed by atoms with E-state index in [0.717, 1.165) is 34.0 Å². The molecule has 6 heteroatoms. The van der Waals surface area contributed by atoms with Crippen molar-refractivity contribution in [2.75, 3.05) is 9.80 Å². The number of para-hydroxylation sites is 5. The molecule has 0 spiro atoms. The van der Waals surface area contributed by atoms with Crippen LogP contribution in [0.5, 0.6) is 0 Å². The lowest BCUT2D eigenvalue weighted by atomic mass is 9.33. The summed E-state index contributed by atoms with van der Waals surface area (Å²) in [6.07, 6.45) is 0. The third-order valence-electron chi connectivity index (χ3n) is 18.4. The molecule has 84 heavy (non-hydrogen) atoms. The van der Waals surface area contributed by atoms with Gasteiger partial charge >= 0.3 is 0 Å². The quantitative estimate of drug-likeness (QED) is 0.160. The van der Waals surface area contributed by atoms with Crippen LogP contribution < -0.4 is 26.2 Å². The summed E-state index contributed by atoms with van der Waals surface area (Å²) in [5, 5.41) is 7.38. The van der Waals surface area contributed by atoms with E-state index in [2.05, 4.69) is 322 Å². The number of fused-ring (bicyclic) bond motifs is 16. The number of anilines is 6. The van der Waals surface area contributed by atoms with Crippen molar-refractivity contribution in [3.05, 3.63) is 253 Å². The molecule has 0 saturated heterocycles. The fraction of sp³-hybridized carbons (Fsp3) is 0.154. The van der Waals surface area contributed by atoms with E-state index < -0.39 is 0 Å². The first-order valence-corrected chi connectivity index (χ1v) is 29.9. The van der Waals surface area contributed by atoms with Crippen molar-refractivity contribution in [2.45, 2.75) is 78.6 Å². The Morgan fingerprint density at radius 1 is 0.274 bits per heavy atom. The first-order chi connectivity index (χ1) is 40.6. The molecule has 0 atom stereocenters. The van der Waals surface area contributed by atoms with E-state index in [4.69, 9.17) is 0 Å². The highest BCUT2D eigenvalue weighted by Gasteiger charge is 2.44. The van der Waals surface area contributed by atoms with Crippen molar-refractivity contribution in [3.63, 3.8) is 0 Å². The average molecular weight is 1080 g/mol. The van der Waals surface area contributed by atoms with Gasteiger partial charge in [0.15, 0.2) is 0 Å². The topological polar surface area (TPSA) is 21.3 Å². The highest BCUT2D eigenvalue weighted by atomic mass is 15.2. The molecule has 3 aromatic heterocycles. The molecule has 14 aromatic rings. The molecule has 0 fully saturated rings. The van der Waals surface area contributed by atoms with Crippen molar-refractivity contribution >= 4 is 123 Å². The first kappa shape index (κ1) is 50.2. The molecule has 11 aromatic carbocycles. The third kappa shape index (κ3) is 7.29. The van der Waals surface area contributed by atoms with Crippen LogP contribution in [-0.2, 0) is 16.2 Å². The van der Waals surface area contributed by atoms with Crippen LogP contribution in [0.25, 0.3) is 82.5 Å². The molecule has 2 aliphatic heterocycles. The molecule has 0 aliphatic carbocycles. The van der Waals surface area contributed by atoms with Crippen LogP contribution in [0.1, 0.15) is 79.0 Å². The zero-order valence-corrected chi connectivity index (χ0v) is 49.3. The Kier molecular flexibility index (Phi) is 10.8. The van der Waals surface area contributed by atoms with Crippen LogP contribution in [0, 0.1) is 0 Å². The zero-order chi connectivity index (χ0) is 57.1. The van der Waals surface area contributed by atoms with E-state index in [1.165, 1.54) is 116 Å². The highest BCUT2D eigenvalue weighted by molar-refractivity contribution is 7.00. The predicted octanol–water partition coefficient (Wildman–Crippen LogP) is 19.0. The monoisotopic (exact) mass is 1080 g/mol. The van der Waals surface area contributed by atoms with Crippen LogP contribution in [0.4, 0.5) is 34.1 Å². The molecule has 5 nitrogen and oxygen atoms in total. The van der Waals surface area contributed by atoms with Crippen molar-refractivity contribution in [1.82, 2.24) is 13.7 Å². The van der Waals surface area contributed by atoms with Gasteiger partial charge in [-0.25, -0.2) is 0 Å². The molecule has 0 N–H and O–H groups in total. The van der Waals surface area contributed by atoms with E-state index in [1.807, 2.05) is 0 Å². The van der Waals surface area contributed by atoms with E-state index in [-0.39, 0.29) is 23.0 Å². The number of hydrogen-bond acceptors (Lipinski definition) is 2. The van der Waals surface area contributed by atoms with Gasteiger partial charge in [-0.1, -0.05) is 196 Å². The molecule has 0 saturated carbocycles. The number of nitrogens with zero attached hydrogens (tertiary/aromatic N) is 5. The molecule has 0 bridgehead atoms. The molecule has 5 heterocycles. The Morgan fingerprint density at radius 2 is 0.619 bits per heavy atom. The van der Waals surface area contributed by atoms with E-state index in [0.29, 0.717) is 0 Å². The maximum absolute atomic E-state index is 2.63. The fourth-order valence-corrected chi connectivity index (χ4v) is 14.4. The summed E-state index contributed by atoms with van der Waals surface area (Å²) >= 11 is 0. The van der Waals surface area contributed by atoms with Gasteiger partial charge in [-0.2, -0.15) is 0 Å². The summed E-state index contributed by atoms with van der Waals surface area (Å²) in [6, 6.07) is 89.7. The van der Waals surface area contributed by atoms with Crippen molar-refractivity contribution in [3.8, 4) is 17.1 Å². The third-order valence-corrected chi connectivity index (χ3v) is 18.4. The van der Waals surface area contributed by atoms with Gasteiger partial charge in [0.2, 0.25) is 0 Å². The van der Waals surface area contributed by atoms with Crippen LogP contribution >= 0.6 is 0 Å². The predicted molar refractivity (Wildman–Crippen MR) is 360 cm³/mol. The molecule has 0 amide bonds. The molecule has 0 radical (unpaired) electrons. The molecule has 16 rings (SSSR count). The Morgan fingerprint density at radius 3 is 1.04 bits per heavy atom. The van der Waals surface area contributed by atoms with Gasteiger partial charge in [0.1, 0.15) is 0 Å². The van der Waals surface area contributed by atoms with Crippen LogP contribution in [0.2, 0.25) is 0 Å². The van der Waals surface area contributed by atoms with Crippen molar-refractivity contribution < 1.29 is 0 Å². The standard InChI is InChI=1S/C78H66BN5/c1-76(2,3)49-35-40-54(41-36-49)80-65-45-39-51(78(7,8)9)47-60(65)79-61-48-56(44-46-66(61)81(68-34-22-33-67(80)72(68)79)55-42-37-50(38-43-55)77(4,5)6)84-64-32-21-18-29-59(64)71-74-69(57-27-16-19-30-62(57)82(74)52-23-12-10-13-24-52)73-70(75(71)84)58-28-17-20-31-63(58)83(73)53-25-14-11-15-26-53/h10-48H,1-9H3. The van der Waals surface area contributed by atoms with Crippen molar-refractivity contribution in [1.29, 1.82) is 0 Å².